The van der Waals surface area contributed by atoms with E-state index in [1.807, 2.05) is 0 Å². The van der Waals surface area contributed by atoms with Gasteiger partial charge in [0.25, 0.3) is 0 Å². The van der Waals surface area contributed by atoms with Crippen LogP contribution in [0.4, 0.5) is 0 Å². The van der Waals surface area contributed by atoms with Crippen LogP contribution in [-0.4, -0.2) is 62.2 Å². The first-order valence-corrected chi connectivity index (χ1v) is 7.46. The van der Waals surface area contributed by atoms with Gasteiger partial charge in [-0.2, -0.15) is 0 Å². The van der Waals surface area contributed by atoms with Crippen LogP contribution in [0.15, 0.2) is 0 Å². The zero-order valence-corrected chi connectivity index (χ0v) is 9.60. The van der Waals surface area contributed by atoms with Crippen LogP contribution >= 0.6 is 6.29 Å². The van der Waals surface area contributed by atoms with Crippen LogP contribution in [-0.2, 0) is 9.09 Å². The summed E-state index contributed by atoms with van der Waals surface area (Å²) in [7, 11) is 0. The predicted octanol–water partition coefficient (Wildman–Crippen LogP) is -2.03. The Hall–Kier alpha value is 0.549. The van der Waals surface area contributed by atoms with Crippen LogP contribution in [0.2, 0.25) is 0 Å². The number of rotatable bonds is 6. The first-order chi connectivity index (χ1) is 5.89. The molecule has 80 valence electrons. The Bertz CT molecular complexity index is 179. The van der Waals surface area contributed by atoms with E-state index in [1.165, 1.54) is 15.6 Å². The molecule has 4 N–H and O–H groups in total. The van der Waals surface area contributed by atoms with E-state index < -0.39 is 31.5 Å². The zero-order valence-electron chi connectivity index (χ0n) is 6.83. The van der Waals surface area contributed by atoms with Gasteiger partial charge in [0.05, 0.1) is 0 Å². The Balaban J connectivity index is 4.19. The van der Waals surface area contributed by atoms with Crippen LogP contribution in [0.25, 0.3) is 0 Å². The first kappa shape index (κ1) is 13.5. The van der Waals surface area contributed by atoms with Gasteiger partial charge in [-0.15, -0.1) is 0 Å². The van der Waals surface area contributed by atoms with Crippen LogP contribution in [0, 0.1) is 5.41 Å². The van der Waals surface area contributed by atoms with Gasteiger partial charge in [0.2, 0.25) is 0 Å². The molecule has 0 aromatic carbocycles. The van der Waals surface area contributed by atoms with Crippen molar-refractivity contribution < 1.29 is 29.3 Å². The van der Waals surface area contributed by atoms with E-state index in [2.05, 4.69) is 4.52 Å². The molecule has 0 bridgehead atoms. The Kier molecular flexibility index (Phi) is 5.67. The second-order valence-corrected chi connectivity index (χ2v) is 7.16. The van der Waals surface area contributed by atoms with Crippen molar-refractivity contribution in [3.8, 4) is 0 Å². The van der Waals surface area contributed by atoms with Crippen LogP contribution in [0.3, 0.4) is 0 Å². The Morgan fingerprint density at radius 3 is 1.85 bits per heavy atom. The van der Waals surface area contributed by atoms with Gasteiger partial charge >= 0.3 is 83.0 Å². The fourth-order valence-corrected chi connectivity index (χ4v) is 1.31. The molecule has 13 heavy (non-hydrogen) atoms. The molecule has 0 saturated carbocycles. The summed E-state index contributed by atoms with van der Waals surface area (Å²) in [6, 6.07) is 0. The molecule has 0 aromatic rings. The molecule has 8 heteroatoms. The summed E-state index contributed by atoms with van der Waals surface area (Å²) in [5.41, 5.74) is -1.27. The van der Waals surface area contributed by atoms with Crippen LogP contribution in [0.1, 0.15) is 0 Å². The Morgan fingerprint density at radius 2 is 1.62 bits per heavy atom. The zero-order chi connectivity index (χ0) is 10.5. The SMILES string of the molecule is O=P(O)([SeH])OCC(CO)(CO)CO. The molecule has 0 aliphatic heterocycles. The second-order valence-electron chi connectivity index (χ2n) is 2.74. The number of hydrogen-bond acceptors (Lipinski definition) is 5. The maximum absolute atomic E-state index is 10.7. The predicted molar refractivity (Wildman–Crippen MR) is 46.6 cm³/mol. The van der Waals surface area contributed by atoms with Crippen molar-refractivity contribution in [2.75, 3.05) is 26.4 Å². The summed E-state index contributed by atoms with van der Waals surface area (Å²) >= 11 is 1.45. The van der Waals surface area contributed by atoms with Gasteiger partial charge in [0, 0.05) is 0 Å². The number of hydrogen-bond donors (Lipinski definition) is 4. The third-order valence-corrected chi connectivity index (χ3v) is 2.74. The summed E-state index contributed by atoms with van der Waals surface area (Å²) in [6.07, 6.45) is -3.70. The summed E-state index contributed by atoms with van der Waals surface area (Å²) in [6.45, 7) is -1.94. The molecule has 0 aromatic heterocycles. The standard InChI is InChI=1S/C5H13O6PSe/c6-1-5(2-7,3-8)4-11-12(9,10)13/h6-8H,1-4H2,(H2,9,10,13). The van der Waals surface area contributed by atoms with Gasteiger partial charge in [0.15, 0.2) is 0 Å². The fraction of sp³-hybridized carbons (Fsp3) is 1.00. The molecule has 0 heterocycles. The van der Waals surface area contributed by atoms with E-state index in [4.69, 9.17) is 20.2 Å². The minimum atomic E-state index is -3.70. The average molecular weight is 279 g/mol. The molecule has 0 aliphatic rings. The van der Waals surface area contributed by atoms with Gasteiger partial charge in [-0.25, -0.2) is 0 Å². The summed E-state index contributed by atoms with van der Waals surface area (Å²) < 4.78 is 15.1. The van der Waals surface area contributed by atoms with Crippen LogP contribution in [0.5, 0.6) is 0 Å². The molecule has 1 atom stereocenters. The molecule has 1 unspecified atom stereocenters. The number of aliphatic hydroxyl groups is 3. The Morgan fingerprint density at radius 1 is 1.23 bits per heavy atom. The first-order valence-electron chi connectivity index (χ1n) is 3.42. The molecular formula is C5H13O6PSe. The van der Waals surface area contributed by atoms with Crippen molar-refractivity contribution in [1.29, 1.82) is 0 Å². The van der Waals surface area contributed by atoms with E-state index in [-0.39, 0.29) is 6.61 Å². The normalized spacial score (nSPS) is 17.0. The van der Waals surface area contributed by atoms with E-state index in [9.17, 15) is 4.57 Å². The van der Waals surface area contributed by atoms with Gasteiger partial charge in [0.1, 0.15) is 0 Å². The minimum absolute atomic E-state index is 0.376. The fourth-order valence-electron chi connectivity index (χ4n) is 0.508. The number of aliphatic hydroxyl groups excluding tert-OH is 3. The van der Waals surface area contributed by atoms with Crippen molar-refractivity contribution in [3.05, 3.63) is 0 Å². The van der Waals surface area contributed by atoms with Crippen molar-refractivity contribution in [1.82, 2.24) is 0 Å². The monoisotopic (exact) mass is 280 g/mol. The van der Waals surface area contributed by atoms with Crippen molar-refractivity contribution in [2.45, 2.75) is 0 Å². The molecule has 6 nitrogen and oxygen atoms in total. The van der Waals surface area contributed by atoms with Crippen molar-refractivity contribution >= 4 is 21.9 Å². The molecule has 0 radical (unpaired) electrons. The topological polar surface area (TPSA) is 107 Å². The van der Waals surface area contributed by atoms with E-state index in [0.717, 1.165) is 0 Å². The van der Waals surface area contributed by atoms with Gasteiger partial charge < -0.3 is 0 Å². The quantitative estimate of drug-likeness (QED) is 0.330. The second kappa shape index (κ2) is 5.44. The molecule has 0 saturated heterocycles. The summed E-state index contributed by atoms with van der Waals surface area (Å²) in [5, 5.41) is 26.4. The van der Waals surface area contributed by atoms with Gasteiger partial charge in [-0.05, 0) is 0 Å². The molecule has 0 spiro atoms. The average Bonchev–Trinajstić information content (AvgIpc) is 2.06. The van der Waals surface area contributed by atoms with E-state index in [0.29, 0.717) is 0 Å². The molecule has 0 rings (SSSR count). The van der Waals surface area contributed by atoms with Gasteiger partial charge in [-0.1, -0.05) is 0 Å². The van der Waals surface area contributed by atoms with Crippen molar-refractivity contribution in [2.24, 2.45) is 5.41 Å². The molecular weight excluding hydrogens is 266 g/mol. The summed E-state index contributed by atoms with van der Waals surface area (Å²) in [4.78, 5) is 8.73. The van der Waals surface area contributed by atoms with E-state index in [1.54, 1.807) is 0 Å². The van der Waals surface area contributed by atoms with Crippen LogP contribution < -0.4 is 0 Å². The third-order valence-electron chi connectivity index (χ3n) is 1.55. The summed E-state index contributed by atoms with van der Waals surface area (Å²) in [5.74, 6) is 0. The molecule has 0 amide bonds. The van der Waals surface area contributed by atoms with Crippen molar-refractivity contribution in [3.63, 3.8) is 0 Å². The maximum atomic E-state index is 10.7. The molecule has 0 fully saturated rings. The van der Waals surface area contributed by atoms with Gasteiger partial charge in [-0.3, -0.25) is 0 Å². The van der Waals surface area contributed by atoms with E-state index >= 15 is 0 Å². The third kappa shape index (κ3) is 5.10. The Labute approximate surface area is 83.5 Å². The molecule has 0 aliphatic carbocycles.